The fraction of sp³-hybridized carbons (Fsp3) is 0.444. The molecule has 80 valence electrons. The zero-order valence-corrected chi connectivity index (χ0v) is 8.81. The standard InChI is InChI=1S/C9H11ClN4O/c10-8-4-12-6(3-13-8)5-14-2-1-7(14)9(11)15/h3-4,7H,1-2,5H2,(H2,11,15). The lowest BCUT2D eigenvalue weighted by Gasteiger charge is -2.38. The Balaban J connectivity index is 1.97. The van der Waals surface area contributed by atoms with E-state index in [4.69, 9.17) is 17.3 Å². The Kier molecular flexibility index (Phi) is 2.83. The number of carbonyl (C=O) groups is 1. The Morgan fingerprint density at radius 1 is 1.60 bits per heavy atom. The quantitative estimate of drug-likeness (QED) is 0.799. The van der Waals surface area contributed by atoms with Crippen LogP contribution in [0.3, 0.4) is 0 Å². The Morgan fingerprint density at radius 2 is 2.40 bits per heavy atom. The van der Waals surface area contributed by atoms with E-state index in [0.717, 1.165) is 18.7 Å². The van der Waals surface area contributed by atoms with E-state index in [9.17, 15) is 4.79 Å². The molecule has 15 heavy (non-hydrogen) atoms. The highest BCUT2D eigenvalue weighted by Crippen LogP contribution is 2.19. The van der Waals surface area contributed by atoms with E-state index in [1.807, 2.05) is 4.90 Å². The van der Waals surface area contributed by atoms with E-state index in [1.54, 1.807) is 6.20 Å². The molecule has 1 saturated heterocycles. The van der Waals surface area contributed by atoms with Crippen LogP contribution in [0.5, 0.6) is 0 Å². The van der Waals surface area contributed by atoms with Crippen molar-refractivity contribution in [1.82, 2.24) is 14.9 Å². The average Bonchev–Trinajstić information content (AvgIpc) is 2.14. The summed E-state index contributed by atoms with van der Waals surface area (Å²) >= 11 is 5.61. The van der Waals surface area contributed by atoms with Gasteiger partial charge in [0.1, 0.15) is 5.15 Å². The van der Waals surface area contributed by atoms with Crippen molar-refractivity contribution in [3.63, 3.8) is 0 Å². The van der Waals surface area contributed by atoms with Crippen LogP contribution in [0.1, 0.15) is 12.1 Å². The Labute approximate surface area is 92.3 Å². The fourth-order valence-electron chi connectivity index (χ4n) is 1.58. The van der Waals surface area contributed by atoms with Gasteiger partial charge in [-0.15, -0.1) is 0 Å². The van der Waals surface area contributed by atoms with Crippen molar-refractivity contribution in [2.24, 2.45) is 5.73 Å². The van der Waals surface area contributed by atoms with Crippen molar-refractivity contribution in [2.45, 2.75) is 19.0 Å². The summed E-state index contributed by atoms with van der Waals surface area (Å²) in [7, 11) is 0. The molecular weight excluding hydrogens is 216 g/mol. The number of halogens is 1. The molecule has 1 atom stereocenters. The normalized spacial score (nSPS) is 21.0. The number of hydrogen-bond acceptors (Lipinski definition) is 4. The minimum absolute atomic E-state index is 0.150. The van der Waals surface area contributed by atoms with Crippen LogP contribution in [0, 0.1) is 0 Å². The number of aromatic nitrogens is 2. The van der Waals surface area contributed by atoms with Crippen LogP contribution in [0.25, 0.3) is 0 Å². The van der Waals surface area contributed by atoms with Gasteiger partial charge in [0.15, 0.2) is 0 Å². The highest BCUT2D eigenvalue weighted by molar-refractivity contribution is 6.29. The number of hydrogen-bond donors (Lipinski definition) is 1. The van der Waals surface area contributed by atoms with Crippen molar-refractivity contribution >= 4 is 17.5 Å². The first-order valence-electron chi connectivity index (χ1n) is 4.66. The van der Waals surface area contributed by atoms with E-state index in [-0.39, 0.29) is 11.9 Å². The van der Waals surface area contributed by atoms with Crippen LogP contribution in [0.4, 0.5) is 0 Å². The molecule has 0 aromatic carbocycles. The number of amides is 1. The number of likely N-dealkylation sites (tertiary alicyclic amines) is 1. The molecule has 1 fully saturated rings. The number of carbonyl (C=O) groups excluding carboxylic acids is 1. The average molecular weight is 227 g/mol. The van der Waals surface area contributed by atoms with Crippen LogP contribution in [-0.2, 0) is 11.3 Å². The van der Waals surface area contributed by atoms with E-state index < -0.39 is 0 Å². The molecule has 1 aromatic heterocycles. The van der Waals surface area contributed by atoms with Crippen molar-refractivity contribution in [2.75, 3.05) is 6.54 Å². The number of nitrogens with two attached hydrogens (primary N) is 1. The molecule has 6 heteroatoms. The van der Waals surface area contributed by atoms with Gasteiger partial charge >= 0.3 is 0 Å². The topological polar surface area (TPSA) is 72.1 Å². The minimum Gasteiger partial charge on any atom is -0.368 e. The Bertz CT molecular complexity index is 367. The lowest BCUT2D eigenvalue weighted by Crippen LogP contribution is -2.54. The summed E-state index contributed by atoms with van der Waals surface area (Å²) in [5, 5.41) is 0.369. The Hall–Kier alpha value is -1.20. The molecule has 2 N–H and O–H groups in total. The molecular formula is C9H11ClN4O. The molecule has 0 bridgehead atoms. The molecule has 0 radical (unpaired) electrons. The van der Waals surface area contributed by atoms with Gasteiger partial charge < -0.3 is 5.73 Å². The number of rotatable bonds is 3. The summed E-state index contributed by atoms with van der Waals surface area (Å²) in [5.74, 6) is -0.275. The number of nitrogens with zero attached hydrogens (tertiary/aromatic N) is 3. The van der Waals surface area contributed by atoms with Crippen LogP contribution in [-0.4, -0.2) is 33.4 Å². The predicted molar refractivity (Wildman–Crippen MR) is 55.1 cm³/mol. The third kappa shape index (κ3) is 2.24. The smallest absolute Gasteiger partial charge is 0.234 e. The monoisotopic (exact) mass is 226 g/mol. The molecule has 2 heterocycles. The van der Waals surface area contributed by atoms with Gasteiger partial charge in [0.25, 0.3) is 0 Å². The van der Waals surface area contributed by atoms with Gasteiger partial charge in [-0.2, -0.15) is 0 Å². The molecule has 1 aromatic rings. The molecule has 1 unspecified atom stereocenters. The Morgan fingerprint density at radius 3 is 2.87 bits per heavy atom. The predicted octanol–water partition coefficient (Wildman–Crippen LogP) is 0.190. The van der Waals surface area contributed by atoms with Crippen molar-refractivity contribution < 1.29 is 4.79 Å². The maximum atomic E-state index is 11.0. The zero-order chi connectivity index (χ0) is 10.8. The second-order valence-electron chi connectivity index (χ2n) is 3.51. The van der Waals surface area contributed by atoms with Gasteiger partial charge in [-0.1, -0.05) is 11.6 Å². The molecule has 0 aliphatic carbocycles. The first-order chi connectivity index (χ1) is 7.16. The molecule has 1 aliphatic rings. The first kappa shape index (κ1) is 10.3. The van der Waals surface area contributed by atoms with E-state index in [1.165, 1.54) is 6.20 Å². The van der Waals surface area contributed by atoms with Gasteiger partial charge in [0.05, 0.1) is 24.1 Å². The zero-order valence-electron chi connectivity index (χ0n) is 8.06. The molecule has 1 amide bonds. The van der Waals surface area contributed by atoms with Crippen LogP contribution < -0.4 is 5.73 Å². The first-order valence-corrected chi connectivity index (χ1v) is 5.04. The van der Waals surface area contributed by atoms with E-state index in [0.29, 0.717) is 11.7 Å². The summed E-state index contributed by atoms with van der Waals surface area (Å²) in [4.78, 5) is 21.0. The SMILES string of the molecule is NC(=O)C1CCN1Cc1cnc(Cl)cn1. The van der Waals surface area contributed by atoms with Crippen LogP contribution in [0.15, 0.2) is 12.4 Å². The summed E-state index contributed by atoms with van der Waals surface area (Å²) in [6.45, 7) is 1.47. The summed E-state index contributed by atoms with van der Waals surface area (Å²) < 4.78 is 0. The van der Waals surface area contributed by atoms with Gasteiger partial charge in [-0.3, -0.25) is 14.7 Å². The second-order valence-corrected chi connectivity index (χ2v) is 3.90. The van der Waals surface area contributed by atoms with Gasteiger partial charge in [-0.25, -0.2) is 4.98 Å². The highest BCUT2D eigenvalue weighted by atomic mass is 35.5. The molecule has 0 saturated carbocycles. The summed E-state index contributed by atoms with van der Waals surface area (Å²) in [6.07, 6.45) is 3.94. The largest absolute Gasteiger partial charge is 0.368 e. The van der Waals surface area contributed by atoms with Gasteiger partial charge in [0.2, 0.25) is 5.91 Å². The van der Waals surface area contributed by atoms with Gasteiger partial charge in [-0.05, 0) is 6.42 Å². The fourth-order valence-corrected chi connectivity index (χ4v) is 1.68. The summed E-state index contributed by atoms with van der Waals surface area (Å²) in [5.41, 5.74) is 6.02. The number of primary amides is 1. The second kappa shape index (κ2) is 4.12. The third-order valence-corrected chi connectivity index (χ3v) is 2.69. The maximum Gasteiger partial charge on any atom is 0.234 e. The lowest BCUT2D eigenvalue weighted by molar-refractivity contribution is -0.127. The molecule has 2 rings (SSSR count). The highest BCUT2D eigenvalue weighted by Gasteiger charge is 2.32. The van der Waals surface area contributed by atoms with Crippen molar-refractivity contribution in [3.05, 3.63) is 23.2 Å². The van der Waals surface area contributed by atoms with Crippen molar-refractivity contribution in [3.8, 4) is 0 Å². The molecule has 5 nitrogen and oxygen atoms in total. The molecule has 1 aliphatic heterocycles. The van der Waals surface area contributed by atoms with Gasteiger partial charge in [0, 0.05) is 13.1 Å². The van der Waals surface area contributed by atoms with Crippen LogP contribution in [0.2, 0.25) is 5.15 Å². The van der Waals surface area contributed by atoms with E-state index in [2.05, 4.69) is 9.97 Å². The van der Waals surface area contributed by atoms with Crippen LogP contribution >= 0.6 is 11.6 Å². The lowest BCUT2D eigenvalue weighted by atomic mass is 10.0. The maximum absolute atomic E-state index is 11.0. The van der Waals surface area contributed by atoms with Crippen molar-refractivity contribution in [1.29, 1.82) is 0 Å². The third-order valence-electron chi connectivity index (χ3n) is 2.50. The minimum atomic E-state index is -0.275. The summed E-state index contributed by atoms with van der Waals surface area (Å²) in [6, 6.07) is -0.150. The molecule has 0 spiro atoms. The van der Waals surface area contributed by atoms with E-state index >= 15 is 0 Å².